The molecule has 1 atom stereocenters. The normalized spacial score (nSPS) is 24.4. The molecule has 0 spiro atoms. The minimum Gasteiger partial charge on any atom is -0.385 e. The summed E-state index contributed by atoms with van der Waals surface area (Å²) in [5, 5.41) is 26.1. The zero-order valence-corrected chi connectivity index (χ0v) is 13.8. The predicted molar refractivity (Wildman–Crippen MR) is 82.5 cm³/mol. The van der Waals surface area contributed by atoms with Crippen molar-refractivity contribution >= 4 is 17.5 Å². The van der Waals surface area contributed by atoms with Crippen LogP contribution in [0.2, 0.25) is 0 Å². The minimum atomic E-state index is -4.99. The Kier molecular flexibility index (Phi) is 3.64. The summed E-state index contributed by atoms with van der Waals surface area (Å²) in [5.74, 6) is -0.132. The van der Waals surface area contributed by atoms with Crippen LogP contribution < -0.4 is 5.73 Å². The lowest BCUT2D eigenvalue weighted by Gasteiger charge is -2.33. The molecule has 1 aromatic heterocycles. The van der Waals surface area contributed by atoms with E-state index in [0.717, 1.165) is 11.0 Å². The van der Waals surface area contributed by atoms with Gasteiger partial charge in [-0.05, 0) is 0 Å². The first-order valence-corrected chi connectivity index (χ1v) is 7.40. The lowest BCUT2D eigenvalue weighted by atomic mass is 9.86. The lowest BCUT2D eigenvalue weighted by Crippen LogP contribution is -2.58. The van der Waals surface area contributed by atoms with Crippen molar-refractivity contribution in [1.29, 1.82) is 0 Å². The van der Waals surface area contributed by atoms with Gasteiger partial charge in [0, 0.05) is 17.5 Å². The summed E-state index contributed by atoms with van der Waals surface area (Å²) < 4.78 is 42.0. The zero-order chi connectivity index (χ0) is 18.6. The molecule has 3 heterocycles. The van der Waals surface area contributed by atoms with Crippen LogP contribution in [0.4, 0.5) is 13.2 Å². The predicted octanol–water partition coefficient (Wildman–Crippen LogP) is 0.669. The van der Waals surface area contributed by atoms with Gasteiger partial charge in [0.15, 0.2) is 0 Å². The Labute approximate surface area is 140 Å². The Bertz CT molecular complexity index is 788. The van der Waals surface area contributed by atoms with Gasteiger partial charge < -0.3 is 10.8 Å². The Morgan fingerprint density at radius 3 is 2.52 bits per heavy atom. The molecule has 2 aliphatic heterocycles. The highest BCUT2D eigenvalue weighted by Gasteiger charge is 2.64. The van der Waals surface area contributed by atoms with Crippen LogP contribution in [-0.4, -0.2) is 54.3 Å². The molecule has 2 aliphatic rings. The van der Waals surface area contributed by atoms with E-state index >= 15 is 0 Å². The summed E-state index contributed by atoms with van der Waals surface area (Å²) in [5.41, 5.74) is 1.85. The Morgan fingerprint density at radius 2 is 1.92 bits per heavy atom. The van der Waals surface area contributed by atoms with E-state index in [1.807, 2.05) is 0 Å². The van der Waals surface area contributed by atoms with Crippen molar-refractivity contribution in [3.63, 3.8) is 0 Å². The number of fused-ring (bicyclic) bond motifs is 1. The smallest absolute Gasteiger partial charge is 0.385 e. The lowest BCUT2D eigenvalue weighted by molar-refractivity contribution is -0.295. The zero-order valence-electron chi connectivity index (χ0n) is 13.8. The first kappa shape index (κ1) is 17.3. The first-order valence-electron chi connectivity index (χ1n) is 7.40. The summed E-state index contributed by atoms with van der Waals surface area (Å²) >= 11 is 0. The van der Waals surface area contributed by atoms with Gasteiger partial charge in [-0.1, -0.05) is 20.8 Å². The molecule has 0 saturated heterocycles. The van der Waals surface area contributed by atoms with Crippen molar-refractivity contribution in [2.45, 2.75) is 45.5 Å². The Hall–Kier alpha value is -2.50. The number of aromatic nitrogens is 3. The number of nitrogens with zero attached hydrogens (tertiary/aromatic N) is 7. The Balaban J connectivity index is 2.17. The van der Waals surface area contributed by atoms with E-state index in [9.17, 15) is 18.3 Å². The van der Waals surface area contributed by atoms with Crippen LogP contribution >= 0.6 is 0 Å². The number of nitrogens with two attached hydrogens (primary N) is 1. The third kappa shape index (κ3) is 2.75. The van der Waals surface area contributed by atoms with Gasteiger partial charge in [0.1, 0.15) is 18.0 Å². The molecule has 0 fully saturated rings. The number of halogens is 3. The van der Waals surface area contributed by atoms with Crippen molar-refractivity contribution in [3.8, 4) is 0 Å². The summed E-state index contributed by atoms with van der Waals surface area (Å²) in [6.45, 7) is 5.12. The van der Waals surface area contributed by atoms with Crippen molar-refractivity contribution in [2.75, 3.05) is 0 Å². The molecule has 0 saturated carbocycles. The first-order chi connectivity index (χ1) is 11.4. The number of alkyl halides is 3. The second kappa shape index (κ2) is 5.25. The van der Waals surface area contributed by atoms with Gasteiger partial charge in [0.05, 0.1) is 6.42 Å². The molecular weight excluding hydrogens is 341 g/mol. The minimum absolute atomic E-state index is 0.0546. The fraction of sp³-hybridized carbons (Fsp3) is 0.615. The molecule has 9 nitrogen and oxygen atoms in total. The SMILES string of the molecule is CC(C)(C)C1=NN(C2=NN=C(N)Cc3ncnn32)[C@@](O)(C(F)(F)F)C1. The highest BCUT2D eigenvalue weighted by molar-refractivity contribution is 5.96. The van der Waals surface area contributed by atoms with Crippen LogP contribution in [0.1, 0.15) is 33.0 Å². The van der Waals surface area contributed by atoms with Crippen molar-refractivity contribution in [2.24, 2.45) is 26.5 Å². The molecule has 1 aromatic rings. The molecule has 0 radical (unpaired) electrons. The van der Waals surface area contributed by atoms with Crippen LogP contribution in [0, 0.1) is 5.41 Å². The van der Waals surface area contributed by atoms with Crippen LogP contribution in [0.3, 0.4) is 0 Å². The van der Waals surface area contributed by atoms with Gasteiger partial charge in [0.2, 0.25) is 0 Å². The van der Waals surface area contributed by atoms with Gasteiger partial charge in [-0.2, -0.15) is 33.1 Å². The number of aliphatic hydroxyl groups is 1. The highest BCUT2D eigenvalue weighted by Crippen LogP contribution is 2.43. The topological polar surface area (TPSA) is 117 Å². The fourth-order valence-corrected chi connectivity index (χ4v) is 2.43. The third-order valence-electron chi connectivity index (χ3n) is 3.91. The van der Waals surface area contributed by atoms with Crippen molar-refractivity contribution in [3.05, 3.63) is 12.2 Å². The number of amidine groups is 1. The van der Waals surface area contributed by atoms with E-state index in [-0.39, 0.29) is 23.8 Å². The summed E-state index contributed by atoms with van der Waals surface area (Å²) in [7, 11) is 0. The molecule has 0 aliphatic carbocycles. The summed E-state index contributed by atoms with van der Waals surface area (Å²) in [6.07, 6.45) is -4.50. The van der Waals surface area contributed by atoms with Crippen LogP contribution in [-0.2, 0) is 6.42 Å². The molecule has 0 bridgehead atoms. The number of hydrogen-bond donors (Lipinski definition) is 2. The van der Waals surface area contributed by atoms with Gasteiger partial charge >= 0.3 is 6.18 Å². The third-order valence-corrected chi connectivity index (χ3v) is 3.91. The summed E-state index contributed by atoms with van der Waals surface area (Å²) in [4.78, 5) is 3.94. The maximum Gasteiger partial charge on any atom is 0.438 e. The maximum atomic E-state index is 13.7. The molecule has 0 amide bonds. The molecular formula is C13H17F3N8O. The van der Waals surface area contributed by atoms with E-state index in [4.69, 9.17) is 5.73 Å². The number of hydrogen-bond acceptors (Lipinski definition) is 8. The van der Waals surface area contributed by atoms with Crippen LogP contribution in [0.25, 0.3) is 0 Å². The summed E-state index contributed by atoms with van der Waals surface area (Å²) in [6, 6.07) is 0. The quantitative estimate of drug-likeness (QED) is 0.707. The molecule has 3 N–H and O–H groups in total. The average Bonchev–Trinajstić information content (AvgIpc) is 3.01. The highest BCUT2D eigenvalue weighted by atomic mass is 19.4. The number of rotatable bonds is 0. The fourth-order valence-electron chi connectivity index (χ4n) is 2.43. The van der Waals surface area contributed by atoms with E-state index in [2.05, 4.69) is 25.4 Å². The van der Waals surface area contributed by atoms with Crippen LogP contribution in [0.15, 0.2) is 21.6 Å². The van der Waals surface area contributed by atoms with E-state index in [1.165, 1.54) is 0 Å². The van der Waals surface area contributed by atoms with Gasteiger partial charge in [0.25, 0.3) is 11.7 Å². The van der Waals surface area contributed by atoms with E-state index in [0.29, 0.717) is 5.01 Å². The standard InChI is InChI=1S/C13H17F3N8O/c1-11(2,3)7-5-12(25,13(14,15)16)24(22-7)10-21-20-8(17)4-9-18-6-19-23(9)10/h6,25H,4-5H2,1-3H3,(H2,17,20)/t12-/m0/s1. The Morgan fingerprint density at radius 1 is 1.24 bits per heavy atom. The van der Waals surface area contributed by atoms with Gasteiger partial charge in [-0.15, -0.1) is 10.2 Å². The molecule has 25 heavy (non-hydrogen) atoms. The molecule has 0 aromatic carbocycles. The largest absolute Gasteiger partial charge is 0.438 e. The molecule has 0 unspecified atom stereocenters. The molecule has 12 heteroatoms. The van der Waals surface area contributed by atoms with Gasteiger partial charge in [-0.3, -0.25) is 0 Å². The second-order valence-electron chi connectivity index (χ2n) is 6.86. The van der Waals surface area contributed by atoms with E-state index < -0.39 is 29.7 Å². The average molecular weight is 358 g/mol. The van der Waals surface area contributed by atoms with Crippen molar-refractivity contribution < 1.29 is 18.3 Å². The monoisotopic (exact) mass is 358 g/mol. The van der Waals surface area contributed by atoms with Crippen LogP contribution in [0.5, 0.6) is 0 Å². The molecule has 3 rings (SSSR count). The van der Waals surface area contributed by atoms with E-state index in [1.54, 1.807) is 20.8 Å². The second-order valence-corrected chi connectivity index (χ2v) is 6.86. The van der Waals surface area contributed by atoms with Gasteiger partial charge in [-0.25, -0.2) is 4.98 Å². The molecule has 136 valence electrons. The number of hydrazone groups is 1. The van der Waals surface area contributed by atoms with Crippen molar-refractivity contribution in [1.82, 2.24) is 19.8 Å². The maximum absolute atomic E-state index is 13.7.